The van der Waals surface area contributed by atoms with Crippen molar-refractivity contribution in [3.63, 3.8) is 0 Å². The Kier molecular flexibility index (Phi) is 4.72. The van der Waals surface area contributed by atoms with Crippen LogP contribution in [0.25, 0.3) is 0 Å². The summed E-state index contributed by atoms with van der Waals surface area (Å²) in [5.74, 6) is -0.877. The quantitative estimate of drug-likeness (QED) is 0.770. The van der Waals surface area contributed by atoms with Crippen LogP contribution in [0.15, 0.2) is 15.9 Å². The van der Waals surface area contributed by atoms with Gasteiger partial charge in [-0.05, 0) is 29.0 Å². The van der Waals surface area contributed by atoms with Crippen molar-refractivity contribution < 1.29 is 9.90 Å². The van der Waals surface area contributed by atoms with Crippen molar-refractivity contribution in [2.24, 2.45) is 5.73 Å². The zero-order valence-corrected chi connectivity index (χ0v) is 10.6. The van der Waals surface area contributed by atoms with E-state index in [4.69, 9.17) is 10.8 Å². The minimum absolute atomic E-state index is 0.0406. The van der Waals surface area contributed by atoms with E-state index < -0.39 is 12.0 Å². The van der Waals surface area contributed by atoms with E-state index in [1.165, 1.54) is 0 Å². The summed E-state index contributed by atoms with van der Waals surface area (Å²) in [6.45, 7) is 0. The summed E-state index contributed by atoms with van der Waals surface area (Å²) in [7, 11) is 1.78. The maximum Gasteiger partial charge on any atom is 0.304 e. The lowest BCUT2D eigenvalue weighted by Gasteiger charge is -2.20. The van der Waals surface area contributed by atoms with Gasteiger partial charge in [-0.3, -0.25) is 4.79 Å². The second kappa shape index (κ2) is 5.60. The molecule has 2 unspecified atom stereocenters. The molecule has 15 heavy (non-hydrogen) atoms. The monoisotopic (exact) mass is 292 g/mol. The number of rotatable bonds is 5. The molecule has 0 fully saturated rings. The van der Waals surface area contributed by atoms with Gasteiger partial charge in [0.2, 0.25) is 0 Å². The Balaban J connectivity index is 2.74. The molecule has 0 saturated carbocycles. The number of carbonyl (C=O) groups is 1. The standard InChI is InChI=1S/C9H13BrN2O2S/c1-12-9(6(11)3-8(13)14)7-2-5(10)4-15-7/h2,4,6,9,12H,3,11H2,1H3,(H,13,14). The summed E-state index contributed by atoms with van der Waals surface area (Å²) < 4.78 is 0.991. The van der Waals surface area contributed by atoms with Gasteiger partial charge in [-0.2, -0.15) is 0 Å². The van der Waals surface area contributed by atoms with Crippen LogP contribution in [0.2, 0.25) is 0 Å². The molecule has 0 aliphatic carbocycles. The Morgan fingerprint density at radius 3 is 2.87 bits per heavy atom. The smallest absolute Gasteiger partial charge is 0.304 e. The molecular weight excluding hydrogens is 280 g/mol. The van der Waals surface area contributed by atoms with Crippen molar-refractivity contribution in [3.05, 3.63) is 20.8 Å². The topological polar surface area (TPSA) is 75.3 Å². The summed E-state index contributed by atoms with van der Waals surface area (Å²) in [6.07, 6.45) is -0.0406. The molecule has 1 aromatic heterocycles. The summed E-state index contributed by atoms with van der Waals surface area (Å²) in [4.78, 5) is 11.6. The van der Waals surface area contributed by atoms with Gasteiger partial charge in [-0.25, -0.2) is 0 Å². The van der Waals surface area contributed by atoms with Gasteiger partial charge in [0.1, 0.15) is 0 Å². The lowest BCUT2D eigenvalue weighted by atomic mass is 10.0. The molecule has 0 bridgehead atoms. The van der Waals surface area contributed by atoms with Gasteiger partial charge >= 0.3 is 5.97 Å². The maximum absolute atomic E-state index is 10.6. The van der Waals surface area contributed by atoms with E-state index in [2.05, 4.69) is 21.2 Å². The van der Waals surface area contributed by atoms with Gasteiger partial charge in [0.15, 0.2) is 0 Å². The molecule has 0 aliphatic heterocycles. The van der Waals surface area contributed by atoms with Crippen LogP contribution < -0.4 is 11.1 Å². The summed E-state index contributed by atoms with van der Waals surface area (Å²) in [5, 5.41) is 13.7. The lowest BCUT2D eigenvalue weighted by Crippen LogP contribution is -2.37. The number of aliphatic carboxylic acids is 1. The fourth-order valence-corrected chi connectivity index (χ4v) is 3.01. The number of nitrogens with one attached hydrogen (secondary N) is 1. The molecule has 0 aromatic carbocycles. The van der Waals surface area contributed by atoms with E-state index in [9.17, 15) is 4.79 Å². The zero-order valence-electron chi connectivity index (χ0n) is 8.24. The molecule has 4 N–H and O–H groups in total. The van der Waals surface area contributed by atoms with E-state index in [0.29, 0.717) is 0 Å². The fourth-order valence-electron chi connectivity index (χ4n) is 1.38. The minimum atomic E-state index is -0.877. The van der Waals surface area contributed by atoms with Gasteiger partial charge in [0, 0.05) is 20.8 Å². The van der Waals surface area contributed by atoms with Gasteiger partial charge in [0.25, 0.3) is 0 Å². The SMILES string of the molecule is CNC(c1cc(Br)cs1)C(N)CC(=O)O. The number of carboxylic acid groups (broad SMARTS) is 1. The van der Waals surface area contributed by atoms with Gasteiger partial charge in [0.05, 0.1) is 12.5 Å². The number of hydrogen-bond acceptors (Lipinski definition) is 4. The molecule has 4 nitrogen and oxygen atoms in total. The summed E-state index contributed by atoms with van der Waals surface area (Å²) >= 11 is 4.91. The van der Waals surface area contributed by atoms with Crippen molar-refractivity contribution in [2.75, 3.05) is 7.05 Å². The Labute approximate surface area is 101 Å². The van der Waals surface area contributed by atoms with E-state index in [0.717, 1.165) is 9.35 Å². The van der Waals surface area contributed by atoms with Crippen LogP contribution in [0, 0.1) is 0 Å². The molecule has 1 rings (SSSR count). The Bertz CT molecular complexity index is 343. The number of carboxylic acids is 1. The van der Waals surface area contributed by atoms with Crippen LogP contribution in [0.1, 0.15) is 17.3 Å². The second-order valence-corrected chi connectivity index (χ2v) is 5.05. The lowest BCUT2D eigenvalue weighted by molar-refractivity contribution is -0.137. The minimum Gasteiger partial charge on any atom is -0.481 e. The van der Waals surface area contributed by atoms with Gasteiger partial charge in [-0.1, -0.05) is 0 Å². The molecule has 1 aromatic rings. The molecule has 6 heteroatoms. The second-order valence-electron chi connectivity index (χ2n) is 3.20. The molecule has 0 amide bonds. The first-order chi connectivity index (χ1) is 7.04. The summed E-state index contributed by atoms with van der Waals surface area (Å²) in [5.41, 5.74) is 5.82. The predicted molar refractivity (Wildman–Crippen MR) is 64.0 cm³/mol. The Morgan fingerprint density at radius 2 is 2.47 bits per heavy atom. The number of hydrogen-bond donors (Lipinski definition) is 3. The van der Waals surface area contributed by atoms with Gasteiger partial charge in [-0.15, -0.1) is 11.3 Å². The third-order valence-electron chi connectivity index (χ3n) is 2.04. The Hall–Kier alpha value is -0.430. The molecule has 1 heterocycles. The fraction of sp³-hybridized carbons (Fsp3) is 0.444. The molecule has 0 spiro atoms. The largest absolute Gasteiger partial charge is 0.481 e. The normalized spacial score (nSPS) is 14.9. The number of likely N-dealkylation sites (N-methyl/N-ethyl adjacent to an activating group) is 1. The van der Waals surface area contributed by atoms with Crippen molar-refractivity contribution in [3.8, 4) is 0 Å². The van der Waals surface area contributed by atoms with E-state index in [1.807, 2.05) is 11.4 Å². The predicted octanol–water partition coefficient (Wildman–Crippen LogP) is 1.57. The highest BCUT2D eigenvalue weighted by molar-refractivity contribution is 9.10. The molecule has 0 radical (unpaired) electrons. The third kappa shape index (κ3) is 3.57. The molecule has 0 aliphatic rings. The van der Waals surface area contributed by atoms with Crippen LogP contribution in [-0.2, 0) is 4.79 Å². The van der Waals surface area contributed by atoms with E-state index >= 15 is 0 Å². The number of nitrogens with two attached hydrogens (primary N) is 1. The van der Waals surface area contributed by atoms with Crippen LogP contribution in [-0.4, -0.2) is 24.2 Å². The van der Waals surface area contributed by atoms with Crippen LogP contribution >= 0.6 is 27.3 Å². The first kappa shape index (κ1) is 12.6. The molecule has 84 valence electrons. The highest BCUT2D eigenvalue weighted by Crippen LogP contribution is 2.27. The van der Waals surface area contributed by atoms with Crippen molar-refractivity contribution in [2.45, 2.75) is 18.5 Å². The number of thiophene rings is 1. The highest BCUT2D eigenvalue weighted by atomic mass is 79.9. The average Bonchev–Trinajstić information content (AvgIpc) is 2.51. The van der Waals surface area contributed by atoms with Crippen LogP contribution in [0.3, 0.4) is 0 Å². The van der Waals surface area contributed by atoms with Crippen molar-refractivity contribution in [1.29, 1.82) is 0 Å². The molecular formula is C9H13BrN2O2S. The number of halogens is 1. The van der Waals surface area contributed by atoms with E-state index in [1.54, 1.807) is 18.4 Å². The maximum atomic E-state index is 10.6. The van der Waals surface area contributed by atoms with Crippen LogP contribution in [0.4, 0.5) is 0 Å². The average molecular weight is 293 g/mol. The third-order valence-corrected chi connectivity index (χ3v) is 3.82. The molecule has 2 atom stereocenters. The van der Waals surface area contributed by atoms with Crippen LogP contribution in [0.5, 0.6) is 0 Å². The zero-order chi connectivity index (χ0) is 11.4. The first-order valence-corrected chi connectivity index (χ1v) is 6.10. The first-order valence-electron chi connectivity index (χ1n) is 4.43. The highest BCUT2D eigenvalue weighted by Gasteiger charge is 2.21. The van der Waals surface area contributed by atoms with Crippen molar-refractivity contribution >= 4 is 33.2 Å². The van der Waals surface area contributed by atoms with Gasteiger partial charge < -0.3 is 16.2 Å². The summed E-state index contributed by atoms with van der Waals surface area (Å²) in [6, 6.07) is 1.42. The van der Waals surface area contributed by atoms with E-state index in [-0.39, 0.29) is 12.5 Å². The molecule has 0 saturated heterocycles. The van der Waals surface area contributed by atoms with Crippen molar-refractivity contribution in [1.82, 2.24) is 5.32 Å². The Morgan fingerprint density at radius 1 is 1.80 bits per heavy atom.